The molecular formula is C24H27ClN2O7. The van der Waals surface area contributed by atoms with Crippen molar-refractivity contribution in [1.29, 1.82) is 0 Å². The maximum Gasteiger partial charge on any atom is 0.258 e. The third-order valence-electron chi connectivity index (χ3n) is 7.33. The third kappa shape index (κ3) is 3.03. The van der Waals surface area contributed by atoms with Gasteiger partial charge in [-0.25, -0.2) is 0 Å². The highest BCUT2D eigenvalue weighted by Gasteiger charge is 2.64. The van der Waals surface area contributed by atoms with Crippen molar-refractivity contribution < 1.29 is 34.8 Å². The second kappa shape index (κ2) is 8.11. The number of phenolic OH excluding ortho intramolecular Hbond substituents is 1. The fourth-order valence-electron chi connectivity index (χ4n) is 5.69. The molecule has 4 atom stereocenters. The van der Waals surface area contributed by atoms with Crippen LogP contribution < -0.4 is 5.32 Å². The van der Waals surface area contributed by atoms with E-state index >= 15 is 0 Å². The summed E-state index contributed by atoms with van der Waals surface area (Å²) in [6.45, 7) is 1.80. The summed E-state index contributed by atoms with van der Waals surface area (Å²) in [6, 6.07) is 0.542. The van der Waals surface area contributed by atoms with Gasteiger partial charge in [-0.05, 0) is 56.5 Å². The van der Waals surface area contributed by atoms with Crippen LogP contribution in [0.3, 0.4) is 0 Å². The molecule has 5 N–H and O–H groups in total. The molecule has 1 fully saturated rings. The van der Waals surface area contributed by atoms with Gasteiger partial charge in [-0.2, -0.15) is 0 Å². The second-order valence-corrected chi connectivity index (χ2v) is 9.66. The fraction of sp³-hybridized carbons (Fsp3) is 0.458. The molecule has 9 nitrogen and oxygen atoms in total. The van der Waals surface area contributed by atoms with Gasteiger partial charge >= 0.3 is 0 Å². The monoisotopic (exact) mass is 490 g/mol. The number of amides is 1. The minimum absolute atomic E-state index is 0.0250. The molecule has 0 bridgehead atoms. The molecule has 0 unspecified atom stereocenters. The smallest absolute Gasteiger partial charge is 0.258 e. The van der Waals surface area contributed by atoms with Crippen LogP contribution in [0.1, 0.15) is 30.0 Å². The van der Waals surface area contributed by atoms with Crippen molar-refractivity contribution in [2.24, 2.45) is 11.8 Å². The van der Waals surface area contributed by atoms with E-state index in [1.807, 2.05) is 0 Å². The predicted molar refractivity (Wildman–Crippen MR) is 124 cm³/mol. The Morgan fingerprint density at radius 3 is 2.47 bits per heavy atom. The van der Waals surface area contributed by atoms with Crippen molar-refractivity contribution in [3.8, 4) is 5.75 Å². The van der Waals surface area contributed by atoms with Gasteiger partial charge < -0.3 is 25.7 Å². The highest BCUT2D eigenvalue weighted by molar-refractivity contribution is 6.32. The van der Waals surface area contributed by atoms with Crippen molar-refractivity contribution in [2.45, 2.75) is 37.8 Å². The molecule has 0 aromatic heterocycles. The molecule has 0 aliphatic heterocycles. The molecule has 3 aliphatic carbocycles. The predicted octanol–water partition coefficient (Wildman–Crippen LogP) is 1.44. The number of halogens is 1. The summed E-state index contributed by atoms with van der Waals surface area (Å²) in [4.78, 5) is 40.9. The topological polar surface area (TPSA) is 147 Å². The molecule has 0 radical (unpaired) electrons. The summed E-state index contributed by atoms with van der Waals surface area (Å²) in [5.41, 5.74) is -2.49. The summed E-state index contributed by atoms with van der Waals surface area (Å²) in [5, 5.41) is 47.1. The van der Waals surface area contributed by atoms with Crippen LogP contribution in [-0.4, -0.2) is 75.6 Å². The molecule has 1 saturated carbocycles. The van der Waals surface area contributed by atoms with Crippen LogP contribution in [0.25, 0.3) is 5.76 Å². The number of benzene rings is 1. The van der Waals surface area contributed by atoms with E-state index in [2.05, 4.69) is 5.32 Å². The van der Waals surface area contributed by atoms with Gasteiger partial charge in [0.25, 0.3) is 5.91 Å². The third-order valence-corrected chi connectivity index (χ3v) is 7.67. The van der Waals surface area contributed by atoms with Crippen LogP contribution in [0.5, 0.6) is 5.75 Å². The summed E-state index contributed by atoms with van der Waals surface area (Å²) in [5.74, 6) is -6.11. The van der Waals surface area contributed by atoms with Gasteiger partial charge in [-0.3, -0.25) is 19.3 Å². The molecular weight excluding hydrogens is 464 g/mol. The Morgan fingerprint density at radius 1 is 1.26 bits per heavy atom. The Labute approximate surface area is 201 Å². The molecule has 0 spiro atoms. The zero-order valence-corrected chi connectivity index (χ0v) is 20.0. The van der Waals surface area contributed by atoms with E-state index in [0.717, 1.165) is 0 Å². The van der Waals surface area contributed by atoms with Crippen LogP contribution >= 0.6 is 11.6 Å². The first-order chi connectivity index (χ1) is 15.9. The molecule has 10 heteroatoms. The number of aromatic hydroxyl groups is 1. The van der Waals surface area contributed by atoms with Gasteiger partial charge in [0, 0.05) is 23.6 Å². The maximum absolute atomic E-state index is 13.8. The number of aliphatic hydroxyl groups is 3. The number of carbonyl (C=O) groups excluding carboxylic acids is 3. The van der Waals surface area contributed by atoms with Crippen LogP contribution in [-0.2, 0) is 27.2 Å². The molecule has 4 rings (SSSR count). The number of phenols is 1. The number of Topliss-reactive ketones (excluding diaryl/α,β-unsaturated/α-hetero) is 2. The lowest BCUT2D eigenvalue weighted by Crippen LogP contribution is -2.65. The van der Waals surface area contributed by atoms with E-state index in [9.17, 15) is 34.8 Å². The lowest BCUT2D eigenvalue weighted by Gasteiger charge is -2.50. The standard InChI is InChI=1S/C24H27ClN2O7/c1-5-9-8-13(25)11-6-10-7-12-17(27(3)4)20(30)16(23(33)26-2)22(32)24(12,34)21(31)14(10)19(29)15(11)18(9)28/h8,10,12,17,28-29,32,34H,5-7H2,1-4H3,(H,26,33)/t10-,12-,17-,24-/m0/s1. The molecule has 3 aliphatic rings. The van der Waals surface area contributed by atoms with Crippen molar-refractivity contribution in [3.05, 3.63) is 44.7 Å². The number of fused-ring (bicyclic) bond motifs is 3. The molecule has 1 aromatic carbocycles. The van der Waals surface area contributed by atoms with E-state index in [4.69, 9.17) is 11.6 Å². The summed E-state index contributed by atoms with van der Waals surface area (Å²) >= 11 is 6.46. The number of nitrogens with one attached hydrogen (secondary N) is 1. The summed E-state index contributed by atoms with van der Waals surface area (Å²) in [6.07, 6.45) is 0.661. The number of hydrogen-bond acceptors (Lipinski definition) is 8. The molecule has 0 saturated heterocycles. The SMILES string of the molecule is CCc1cc(Cl)c2c(c1O)C(O)=C1C(=O)[C@]3(O)C(O)=C(C(=O)NC)C(=O)[C@@H](N(C)C)[C@@H]3C[C@@H]1C2. The number of likely N-dealkylation sites (N-methyl/N-ethyl adjacent to an activating group) is 2. The zero-order chi connectivity index (χ0) is 25.3. The second-order valence-electron chi connectivity index (χ2n) is 9.25. The fourth-order valence-corrected chi connectivity index (χ4v) is 6.00. The Kier molecular flexibility index (Phi) is 5.78. The molecule has 1 aromatic rings. The molecule has 34 heavy (non-hydrogen) atoms. The van der Waals surface area contributed by atoms with Gasteiger partial charge in [0.15, 0.2) is 11.4 Å². The van der Waals surface area contributed by atoms with Crippen LogP contribution in [0.2, 0.25) is 5.02 Å². The van der Waals surface area contributed by atoms with Crippen LogP contribution in [0.4, 0.5) is 0 Å². The lowest BCUT2D eigenvalue weighted by molar-refractivity contribution is -0.153. The van der Waals surface area contributed by atoms with Gasteiger partial charge in [0.1, 0.15) is 22.8 Å². The Bertz CT molecular complexity index is 1200. The van der Waals surface area contributed by atoms with Gasteiger partial charge in [0.05, 0.1) is 11.6 Å². The van der Waals surface area contributed by atoms with Crippen molar-refractivity contribution in [1.82, 2.24) is 10.2 Å². The minimum Gasteiger partial charge on any atom is -0.508 e. The minimum atomic E-state index is -2.61. The number of rotatable bonds is 3. The van der Waals surface area contributed by atoms with E-state index in [1.165, 1.54) is 11.9 Å². The number of aryl methyl sites for hydroxylation is 1. The van der Waals surface area contributed by atoms with Gasteiger partial charge in [-0.1, -0.05) is 18.5 Å². The number of ketones is 2. The normalized spacial score (nSPS) is 28.6. The van der Waals surface area contributed by atoms with Crippen LogP contribution in [0, 0.1) is 11.8 Å². The number of nitrogens with zero attached hydrogens (tertiary/aromatic N) is 1. The Balaban J connectivity index is 1.99. The van der Waals surface area contributed by atoms with E-state index in [1.54, 1.807) is 27.1 Å². The lowest BCUT2D eigenvalue weighted by atomic mass is 9.57. The Hall–Kier alpha value is -2.88. The highest BCUT2D eigenvalue weighted by Crippen LogP contribution is 2.53. The number of aliphatic hydroxyl groups excluding tert-OH is 2. The first-order valence-corrected chi connectivity index (χ1v) is 11.4. The summed E-state index contributed by atoms with van der Waals surface area (Å²) in [7, 11) is 4.43. The van der Waals surface area contributed by atoms with Gasteiger partial charge in [0.2, 0.25) is 5.78 Å². The van der Waals surface area contributed by atoms with Crippen molar-refractivity contribution in [3.63, 3.8) is 0 Å². The quantitative estimate of drug-likeness (QED) is 0.400. The van der Waals surface area contributed by atoms with Crippen LogP contribution in [0.15, 0.2) is 23.0 Å². The van der Waals surface area contributed by atoms with E-state index < -0.39 is 58.0 Å². The average Bonchev–Trinajstić information content (AvgIpc) is 2.78. The molecule has 0 heterocycles. The number of carbonyl (C=O) groups is 3. The number of hydrogen-bond donors (Lipinski definition) is 5. The highest BCUT2D eigenvalue weighted by atomic mass is 35.5. The van der Waals surface area contributed by atoms with Gasteiger partial charge in [-0.15, -0.1) is 0 Å². The van der Waals surface area contributed by atoms with Crippen molar-refractivity contribution in [2.75, 3.05) is 21.1 Å². The molecule has 182 valence electrons. The first kappa shape index (κ1) is 24.3. The largest absolute Gasteiger partial charge is 0.508 e. The van der Waals surface area contributed by atoms with Crippen molar-refractivity contribution >= 4 is 34.8 Å². The van der Waals surface area contributed by atoms with E-state index in [-0.39, 0.29) is 29.7 Å². The average molecular weight is 491 g/mol. The molecule has 1 amide bonds. The maximum atomic E-state index is 13.8. The van der Waals surface area contributed by atoms with E-state index in [0.29, 0.717) is 22.6 Å². The zero-order valence-electron chi connectivity index (χ0n) is 19.3. The first-order valence-electron chi connectivity index (χ1n) is 11.0. The summed E-state index contributed by atoms with van der Waals surface area (Å²) < 4.78 is 0. The Morgan fingerprint density at radius 2 is 1.91 bits per heavy atom.